The Balaban J connectivity index is 1.50. The molecule has 2 aliphatic heterocycles. The van der Waals surface area contributed by atoms with E-state index in [0.717, 1.165) is 24.5 Å². The third kappa shape index (κ3) is 4.00. The molecule has 4 rings (SSSR count). The lowest BCUT2D eigenvalue weighted by molar-refractivity contribution is -0.385. The molecule has 0 saturated carbocycles. The number of nitrogens with zero attached hydrogens (tertiary/aromatic N) is 3. The number of hydrogen-bond acceptors (Lipinski definition) is 5. The molecule has 0 aliphatic carbocycles. The highest BCUT2D eigenvalue weighted by atomic mass is 32.2. The first-order valence-electron chi connectivity index (χ1n) is 10.5. The lowest BCUT2D eigenvalue weighted by atomic mass is 9.94. The van der Waals surface area contributed by atoms with Gasteiger partial charge in [-0.3, -0.25) is 14.9 Å². The minimum absolute atomic E-state index is 0.0940. The van der Waals surface area contributed by atoms with Crippen LogP contribution in [0.2, 0.25) is 0 Å². The van der Waals surface area contributed by atoms with Crippen molar-refractivity contribution in [3.05, 3.63) is 63.5 Å². The number of carbonyl (C=O) groups excluding carboxylic acids is 1. The minimum atomic E-state index is -3.93. The molecule has 0 N–H and O–H groups in total. The van der Waals surface area contributed by atoms with Gasteiger partial charge in [-0.25, -0.2) is 12.8 Å². The molecule has 1 amide bonds. The highest BCUT2D eigenvalue weighted by Crippen LogP contribution is 2.34. The molecule has 2 aliphatic rings. The fraction of sp³-hybridized carbons (Fsp3) is 0.409. The number of rotatable bonds is 4. The topological polar surface area (TPSA) is 101 Å². The molecule has 0 atom stereocenters. The van der Waals surface area contributed by atoms with Gasteiger partial charge in [-0.15, -0.1) is 0 Å². The van der Waals surface area contributed by atoms with Crippen molar-refractivity contribution in [1.82, 2.24) is 4.31 Å². The summed E-state index contributed by atoms with van der Waals surface area (Å²) in [5.74, 6) is -1.01. The Morgan fingerprint density at radius 3 is 2.56 bits per heavy atom. The Hall–Kier alpha value is -2.85. The Morgan fingerprint density at radius 1 is 1.16 bits per heavy atom. The van der Waals surface area contributed by atoms with Crippen molar-refractivity contribution in [2.75, 3.05) is 24.5 Å². The van der Waals surface area contributed by atoms with Gasteiger partial charge in [-0.1, -0.05) is 18.2 Å². The Labute approximate surface area is 185 Å². The predicted octanol–water partition coefficient (Wildman–Crippen LogP) is 3.42. The van der Waals surface area contributed by atoms with Gasteiger partial charge in [0.05, 0.1) is 15.5 Å². The van der Waals surface area contributed by atoms with Crippen molar-refractivity contribution in [1.29, 1.82) is 0 Å². The lowest BCUT2D eigenvalue weighted by Crippen LogP contribution is -2.46. The summed E-state index contributed by atoms with van der Waals surface area (Å²) in [6.45, 7) is 2.28. The van der Waals surface area contributed by atoms with Crippen LogP contribution in [-0.2, 0) is 21.2 Å². The zero-order valence-corrected chi connectivity index (χ0v) is 18.5. The Bertz CT molecular complexity index is 1180. The van der Waals surface area contributed by atoms with E-state index in [0.29, 0.717) is 30.6 Å². The second-order valence-electron chi connectivity index (χ2n) is 8.23. The highest BCUT2D eigenvalue weighted by Gasteiger charge is 2.36. The van der Waals surface area contributed by atoms with Crippen molar-refractivity contribution in [2.24, 2.45) is 5.92 Å². The number of nitro benzene ring substituents is 1. The number of sulfonamides is 1. The number of benzene rings is 2. The van der Waals surface area contributed by atoms with Gasteiger partial charge >= 0.3 is 0 Å². The molecule has 32 heavy (non-hydrogen) atoms. The van der Waals surface area contributed by atoms with E-state index >= 15 is 0 Å². The molecule has 8 nitrogen and oxygen atoms in total. The van der Waals surface area contributed by atoms with Crippen molar-refractivity contribution < 1.29 is 22.5 Å². The number of fused-ring (bicyclic) bond motifs is 1. The van der Waals surface area contributed by atoms with E-state index < -0.39 is 26.7 Å². The van der Waals surface area contributed by atoms with E-state index in [1.165, 1.54) is 27.4 Å². The number of aryl methyl sites for hydroxylation is 2. The van der Waals surface area contributed by atoms with E-state index in [1.807, 2.05) is 6.07 Å². The number of non-ortho nitro benzene ring substituents is 1. The first kappa shape index (κ1) is 22.3. The molecular formula is C22H24FN3O5S. The van der Waals surface area contributed by atoms with Crippen LogP contribution in [0.25, 0.3) is 0 Å². The molecule has 0 radical (unpaired) electrons. The molecule has 1 saturated heterocycles. The van der Waals surface area contributed by atoms with Crippen molar-refractivity contribution in [3.8, 4) is 0 Å². The summed E-state index contributed by atoms with van der Waals surface area (Å²) in [5, 5.41) is 11.1. The van der Waals surface area contributed by atoms with Crippen molar-refractivity contribution in [2.45, 2.75) is 37.5 Å². The lowest BCUT2D eigenvalue weighted by Gasteiger charge is -2.36. The van der Waals surface area contributed by atoms with Gasteiger partial charge in [-0.2, -0.15) is 4.31 Å². The molecule has 2 aromatic rings. The van der Waals surface area contributed by atoms with Gasteiger partial charge in [0, 0.05) is 37.7 Å². The van der Waals surface area contributed by atoms with Crippen LogP contribution in [0.4, 0.5) is 15.8 Å². The summed E-state index contributed by atoms with van der Waals surface area (Å²) < 4.78 is 42.0. The van der Waals surface area contributed by atoms with Crippen LogP contribution in [0.15, 0.2) is 41.3 Å². The molecule has 1 fully saturated rings. The van der Waals surface area contributed by atoms with Crippen molar-refractivity contribution in [3.63, 3.8) is 0 Å². The van der Waals surface area contributed by atoms with Gasteiger partial charge < -0.3 is 4.90 Å². The van der Waals surface area contributed by atoms with Crippen LogP contribution in [-0.4, -0.2) is 43.2 Å². The van der Waals surface area contributed by atoms with Crippen LogP contribution in [0.5, 0.6) is 0 Å². The quantitative estimate of drug-likeness (QED) is 0.513. The Kier molecular flexibility index (Phi) is 6.00. The van der Waals surface area contributed by atoms with Crippen LogP contribution in [0, 0.1) is 28.8 Å². The highest BCUT2D eigenvalue weighted by molar-refractivity contribution is 7.89. The number of halogens is 1. The number of nitro groups is 1. The summed E-state index contributed by atoms with van der Waals surface area (Å²) in [6, 6.07) is 8.59. The maximum Gasteiger partial charge on any atom is 0.270 e. The fourth-order valence-electron chi connectivity index (χ4n) is 4.51. The van der Waals surface area contributed by atoms with Crippen LogP contribution in [0.3, 0.4) is 0 Å². The molecule has 10 heteroatoms. The van der Waals surface area contributed by atoms with Crippen LogP contribution < -0.4 is 4.90 Å². The van der Waals surface area contributed by atoms with Gasteiger partial charge in [-0.05, 0) is 49.8 Å². The van der Waals surface area contributed by atoms with E-state index in [-0.39, 0.29) is 29.6 Å². The zero-order chi connectivity index (χ0) is 23.0. The van der Waals surface area contributed by atoms with Crippen LogP contribution >= 0.6 is 0 Å². The zero-order valence-electron chi connectivity index (χ0n) is 17.7. The molecular weight excluding hydrogens is 437 g/mol. The minimum Gasteiger partial charge on any atom is -0.309 e. The number of para-hydroxylation sites is 1. The van der Waals surface area contributed by atoms with E-state index in [2.05, 4.69) is 0 Å². The molecule has 2 heterocycles. The number of hydrogen-bond donors (Lipinski definition) is 0. The fourth-order valence-corrected chi connectivity index (χ4v) is 6.22. The van der Waals surface area contributed by atoms with Crippen molar-refractivity contribution >= 4 is 27.3 Å². The monoisotopic (exact) mass is 461 g/mol. The van der Waals surface area contributed by atoms with Gasteiger partial charge in [0.1, 0.15) is 5.82 Å². The van der Waals surface area contributed by atoms with E-state index in [9.17, 15) is 27.7 Å². The standard InChI is InChI=1S/C22H24FN3O5S/c1-15-7-8-18(26(28)29)14-20(15)32(30,31)24-12-9-17(10-13-24)22(27)25-11-3-5-16-4-2-6-19(23)21(16)25/h2,4,6-8,14,17H,3,5,9-13H2,1H3. The molecule has 0 spiro atoms. The summed E-state index contributed by atoms with van der Waals surface area (Å²) in [7, 11) is -3.93. The third-order valence-electron chi connectivity index (χ3n) is 6.24. The summed E-state index contributed by atoms with van der Waals surface area (Å²) >= 11 is 0. The van der Waals surface area contributed by atoms with Gasteiger partial charge in [0.2, 0.25) is 15.9 Å². The summed E-state index contributed by atoms with van der Waals surface area (Å²) in [4.78, 5) is 25.0. The normalized spacial score (nSPS) is 17.8. The largest absolute Gasteiger partial charge is 0.309 e. The number of anilines is 1. The van der Waals surface area contributed by atoms with Gasteiger partial charge in [0.15, 0.2) is 0 Å². The third-order valence-corrected chi connectivity index (χ3v) is 8.28. The average Bonchev–Trinajstić information content (AvgIpc) is 2.78. The first-order valence-corrected chi connectivity index (χ1v) is 12.0. The maximum atomic E-state index is 14.5. The summed E-state index contributed by atoms with van der Waals surface area (Å²) in [6.07, 6.45) is 2.09. The predicted molar refractivity (Wildman–Crippen MR) is 116 cm³/mol. The smallest absolute Gasteiger partial charge is 0.270 e. The number of piperidine rings is 1. The van der Waals surface area contributed by atoms with Crippen LogP contribution in [0.1, 0.15) is 30.4 Å². The molecule has 0 unspecified atom stereocenters. The average molecular weight is 462 g/mol. The number of carbonyl (C=O) groups is 1. The van der Waals surface area contributed by atoms with E-state index in [1.54, 1.807) is 13.0 Å². The van der Waals surface area contributed by atoms with Gasteiger partial charge in [0.25, 0.3) is 5.69 Å². The first-order chi connectivity index (χ1) is 15.2. The second-order valence-corrected chi connectivity index (χ2v) is 10.1. The SMILES string of the molecule is Cc1ccc([N+](=O)[O-])cc1S(=O)(=O)N1CCC(C(=O)N2CCCc3cccc(F)c32)CC1. The Morgan fingerprint density at radius 2 is 1.88 bits per heavy atom. The summed E-state index contributed by atoms with van der Waals surface area (Å²) in [5.41, 5.74) is 1.29. The molecule has 2 aromatic carbocycles. The molecule has 0 aromatic heterocycles. The van der Waals surface area contributed by atoms with E-state index in [4.69, 9.17) is 0 Å². The molecule has 0 bridgehead atoms. The number of amides is 1. The maximum absolute atomic E-state index is 14.5. The second kappa shape index (κ2) is 8.59. The molecule has 170 valence electrons.